The fraction of sp³-hybridized carbons (Fsp3) is 0.250. The Morgan fingerprint density at radius 3 is 1.79 bits per heavy atom. The molecule has 0 aliphatic heterocycles. The van der Waals surface area contributed by atoms with Crippen molar-refractivity contribution < 1.29 is 40.2 Å². The third kappa shape index (κ3) is 8.43. The highest BCUT2D eigenvalue weighted by molar-refractivity contribution is 5.21. The molecule has 0 aliphatic rings. The molecule has 0 atom stereocenters. The highest BCUT2D eigenvalue weighted by Gasteiger charge is 2.20. The van der Waals surface area contributed by atoms with Crippen LogP contribution in [0.3, 0.4) is 0 Å². The molecule has 0 fully saturated rings. The van der Waals surface area contributed by atoms with Crippen LogP contribution in [0.5, 0.6) is 11.5 Å². The zero-order chi connectivity index (χ0) is 20.0. The molecule has 3 rings (SSSR count). The predicted molar refractivity (Wildman–Crippen MR) is 109 cm³/mol. The highest BCUT2D eigenvalue weighted by atomic mass is 127. The van der Waals surface area contributed by atoms with Crippen molar-refractivity contribution in [1.82, 2.24) is 0 Å². The standard InChI is InChI=1S/C24H26IO4/c1-3-9-21(10-4-1)25-23-13-7-8-14-24(23)29-20-18-27-16-15-26-17-19-28-22-11-5-2-6-12-22/h1-14H,15-20H2/q+1. The van der Waals surface area contributed by atoms with E-state index in [2.05, 4.69) is 36.4 Å². The van der Waals surface area contributed by atoms with Gasteiger partial charge in [0.1, 0.15) is 19.0 Å². The van der Waals surface area contributed by atoms with E-state index >= 15 is 0 Å². The van der Waals surface area contributed by atoms with Crippen molar-refractivity contribution in [3.05, 3.63) is 92.1 Å². The number of halogens is 1. The largest absolute Gasteiger partial charge is 0.491 e. The van der Waals surface area contributed by atoms with Crippen LogP contribution in [0.15, 0.2) is 84.9 Å². The van der Waals surface area contributed by atoms with Crippen LogP contribution in [-0.2, 0) is 9.47 Å². The third-order valence-electron chi connectivity index (χ3n) is 3.88. The number of hydrogen-bond donors (Lipinski definition) is 0. The van der Waals surface area contributed by atoms with E-state index in [9.17, 15) is 0 Å². The first-order valence-electron chi connectivity index (χ1n) is 9.67. The summed E-state index contributed by atoms with van der Waals surface area (Å²) in [4.78, 5) is 0. The van der Waals surface area contributed by atoms with E-state index in [1.807, 2.05) is 48.5 Å². The zero-order valence-corrected chi connectivity index (χ0v) is 18.5. The second kappa shape index (κ2) is 13.2. The molecule has 0 saturated heterocycles. The van der Waals surface area contributed by atoms with Gasteiger partial charge in [0, 0.05) is 0 Å². The molecule has 4 nitrogen and oxygen atoms in total. The van der Waals surface area contributed by atoms with Gasteiger partial charge in [-0.05, 0) is 36.4 Å². The quantitative estimate of drug-likeness (QED) is 0.260. The maximum atomic E-state index is 5.95. The molecule has 0 unspecified atom stereocenters. The van der Waals surface area contributed by atoms with Gasteiger partial charge in [-0.2, -0.15) is 0 Å². The Labute approximate surface area is 183 Å². The SMILES string of the molecule is c1ccc(OCCOCCOCCOc2ccccc2[I+]c2ccccc2)cc1. The minimum Gasteiger partial charge on any atom is -0.491 e. The zero-order valence-electron chi connectivity index (χ0n) is 16.3. The smallest absolute Gasteiger partial charge is 0.362 e. The summed E-state index contributed by atoms with van der Waals surface area (Å²) in [5.74, 6) is 1.82. The molecule has 0 bridgehead atoms. The third-order valence-corrected chi connectivity index (χ3v) is 6.69. The molecule has 29 heavy (non-hydrogen) atoms. The summed E-state index contributed by atoms with van der Waals surface area (Å²) in [5, 5.41) is 0. The van der Waals surface area contributed by atoms with Gasteiger partial charge in [-0.25, -0.2) is 0 Å². The Morgan fingerprint density at radius 1 is 0.517 bits per heavy atom. The van der Waals surface area contributed by atoms with Crippen LogP contribution >= 0.6 is 0 Å². The highest BCUT2D eigenvalue weighted by Crippen LogP contribution is 2.09. The summed E-state index contributed by atoms with van der Waals surface area (Å²) in [6.45, 7) is 3.26. The van der Waals surface area contributed by atoms with Gasteiger partial charge in [-0.3, -0.25) is 0 Å². The molecule has 3 aromatic rings. The number of benzene rings is 3. The molecule has 152 valence electrons. The maximum absolute atomic E-state index is 5.95. The predicted octanol–water partition coefficient (Wildman–Crippen LogP) is 1.31. The molecule has 0 heterocycles. The fourth-order valence-corrected chi connectivity index (χ4v) is 4.94. The van der Waals surface area contributed by atoms with Gasteiger partial charge in [0.2, 0.25) is 3.57 Å². The lowest BCUT2D eigenvalue weighted by Crippen LogP contribution is -3.61. The molecule has 3 aromatic carbocycles. The first-order valence-corrected chi connectivity index (χ1v) is 11.8. The normalized spacial score (nSPS) is 10.6. The lowest BCUT2D eigenvalue weighted by atomic mass is 10.3. The molecular weight excluding hydrogens is 479 g/mol. The molecule has 0 saturated carbocycles. The van der Waals surface area contributed by atoms with Crippen molar-refractivity contribution in [2.75, 3.05) is 39.6 Å². The summed E-state index contributed by atoms with van der Waals surface area (Å²) in [6, 6.07) is 28.6. The van der Waals surface area contributed by atoms with E-state index in [4.69, 9.17) is 18.9 Å². The first-order chi connectivity index (χ1) is 14.4. The molecule has 0 radical (unpaired) electrons. The summed E-state index contributed by atoms with van der Waals surface area (Å²) >= 11 is -0.246. The van der Waals surface area contributed by atoms with E-state index in [-0.39, 0.29) is 21.2 Å². The van der Waals surface area contributed by atoms with Crippen molar-refractivity contribution in [3.63, 3.8) is 0 Å². The minimum atomic E-state index is -0.246. The van der Waals surface area contributed by atoms with Crippen LogP contribution in [0.4, 0.5) is 0 Å². The Morgan fingerprint density at radius 2 is 1.07 bits per heavy atom. The topological polar surface area (TPSA) is 36.9 Å². The van der Waals surface area contributed by atoms with E-state index < -0.39 is 0 Å². The first kappa shape index (κ1) is 21.6. The fourth-order valence-electron chi connectivity index (χ4n) is 2.50. The second-order valence-corrected chi connectivity index (χ2v) is 9.00. The van der Waals surface area contributed by atoms with Crippen LogP contribution in [0, 0.1) is 7.14 Å². The molecule has 0 aliphatic carbocycles. The lowest BCUT2D eigenvalue weighted by molar-refractivity contribution is -0.598. The van der Waals surface area contributed by atoms with Crippen molar-refractivity contribution in [1.29, 1.82) is 0 Å². The number of hydrogen-bond acceptors (Lipinski definition) is 4. The molecule has 0 spiro atoms. The Balaban J connectivity index is 1.25. The Bertz CT molecular complexity index is 811. The van der Waals surface area contributed by atoms with Gasteiger partial charge in [0.15, 0.2) is 9.32 Å². The van der Waals surface area contributed by atoms with Gasteiger partial charge in [-0.1, -0.05) is 48.5 Å². The Kier molecular flexibility index (Phi) is 9.83. The number of para-hydroxylation sites is 2. The van der Waals surface area contributed by atoms with Crippen molar-refractivity contribution in [2.24, 2.45) is 0 Å². The van der Waals surface area contributed by atoms with Gasteiger partial charge in [0.25, 0.3) is 0 Å². The number of rotatable bonds is 13. The van der Waals surface area contributed by atoms with Crippen molar-refractivity contribution >= 4 is 0 Å². The molecule has 0 aromatic heterocycles. The van der Waals surface area contributed by atoms with Crippen LogP contribution < -0.4 is 30.7 Å². The summed E-state index contributed by atoms with van der Waals surface area (Å²) in [7, 11) is 0. The Hall–Kier alpha value is -2.09. The summed E-state index contributed by atoms with van der Waals surface area (Å²) in [6.07, 6.45) is 0. The van der Waals surface area contributed by atoms with Gasteiger partial charge in [0.05, 0.1) is 26.4 Å². The molecule has 0 N–H and O–H groups in total. The second-order valence-electron chi connectivity index (χ2n) is 6.06. The number of ether oxygens (including phenoxy) is 4. The van der Waals surface area contributed by atoms with Gasteiger partial charge < -0.3 is 18.9 Å². The van der Waals surface area contributed by atoms with E-state index in [0.29, 0.717) is 39.6 Å². The van der Waals surface area contributed by atoms with Crippen molar-refractivity contribution in [2.45, 2.75) is 0 Å². The molecular formula is C24H26IO4+. The van der Waals surface area contributed by atoms with E-state index in [1.165, 1.54) is 7.14 Å². The van der Waals surface area contributed by atoms with Gasteiger partial charge in [-0.15, -0.1) is 0 Å². The van der Waals surface area contributed by atoms with Crippen LogP contribution in [0.1, 0.15) is 0 Å². The van der Waals surface area contributed by atoms with E-state index in [1.54, 1.807) is 0 Å². The van der Waals surface area contributed by atoms with E-state index in [0.717, 1.165) is 11.5 Å². The van der Waals surface area contributed by atoms with Crippen LogP contribution in [0.25, 0.3) is 0 Å². The van der Waals surface area contributed by atoms with Crippen LogP contribution in [-0.4, -0.2) is 39.6 Å². The molecule has 5 heteroatoms. The van der Waals surface area contributed by atoms with Crippen molar-refractivity contribution in [3.8, 4) is 11.5 Å². The average Bonchev–Trinajstić information content (AvgIpc) is 2.77. The lowest BCUT2D eigenvalue weighted by Gasteiger charge is -2.08. The monoisotopic (exact) mass is 505 g/mol. The summed E-state index contributed by atoms with van der Waals surface area (Å²) in [5.41, 5.74) is 0. The minimum absolute atomic E-state index is 0.246. The van der Waals surface area contributed by atoms with Crippen LogP contribution in [0.2, 0.25) is 0 Å². The van der Waals surface area contributed by atoms with Gasteiger partial charge >= 0.3 is 21.2 Å². The summed E-state index contributed by atoms with van der Waals surface area (Å²) < 4.78 is 25.3. The maximum Gasteiger partial charge on any atom is 0.362 e. The average molecular weight is 505 g/mol. The molecule has 0 amide bonds.